The first kappa shape index (κ1) is 17.5. The Morgan fingerprint density at radius 3 is 2.80 bits per heavy atom. The van der Waals surface area contributed by atoms with Gasteiger partial charge in [0.15, 0.2) is 5.60 Å². The third kappa shape index (κ3) is 3.38. The molecule has 25 heavy (non-hydrogen) atoms. The molecule has 2 aliphatic heterocycles. The Morgan fingerprint density at radius 1 is 1.36 bits per heavy atom. The fraction of sp³-hybridized carbons (Fsp3) is 0.526. The number of amides is 2. The van der Waals surface area contributed by atoms with Crippen molar-refractivity contribution >= 4 is 17.5 Å². The Balaban J connectivity index is 1.66. The van der Waals surface area contributed by atoms with Gasteiger partial charge < -0.3 is 14.6 Å². The third-order valence-electron chi connectivity index (χ3n) is 5.05. The van der Waals surface area contributed by atoms with Crippen LogP contribution in [0, 0.1) is 6.92 Å². The van der Waals surface area contributed by atoms with Crippen molar-refractivity contribution in [1.82, 2.24) is 9.80 Å². The van der Waals surface area contributed by atoms with Crippen LogP contribution in [0.1, 0.15) is 42.6 Å². The van der Waals surface area contributed by atoms with Crippen LogP contribution < -0.4 is 0 Å². The number of hydrogen-bond acceptors (Lipinski definition) is 4. The number of oxime groups is 1. The summed E-state index contributed by atoms with van der Waals surface area (Å²) in [4.78, 5) is 34.3. The van der Waals surface area contributed by atoms with Crippen molar-refractivity contribution in [1.29, 1.82) is 0 Å². The Hall–Kier alpha value is -2.37. The standard InChI is InChI=1S/C19H25N3O3/c1-13(2)21(4)18(24)16-11-19(25-20-16)8-9-22(12-19)17(23)15-7-5-6-14(3)10-15/h5-7,10,13H,8-9,11-12H2,1-4H3/t19-/m1/s1. The lowest BCUT2D eigenvalue weighted by Crippen LogP contribution is -2.40. The molecule has 1 aromatic rings. The quantitative estimate of drug-likeness (QED) is 0.845. The topological polar surface area (TPSA) is 62.2 Å². The Labute approximate surface area is 148 Å². The fourth-order valence-electron chi connectivity index (χ4n) is 3.27. The molecule has 6 heteroatoms. The van der Waals surface area contributed by atoms with Crippen molar-refractivity contribution in [2.24, 2.45) is 5.16 Å². The highest BCUT2D eigenvalue weighted by Crippen LogP contribution is 2.35. The van der Waals surface area contributed by atoms with Crippen molar-refractivity contribution in [2.45, 2.75) is 45.3 Å². The SMILES string of the molecule is Cc1cccc(C(=O)N2CC[C@@]3(CC(C(=O)N(C)C(C)C)=NO3)C2)c1. The van der Waals surface area contributed by atoms with Gasteiger partial charge in [-0.15, -0.1) is 0 Å². The van der Waals surface area contributed by atoms with Crippen LogP contribution in [-0.4, -0.2) is 59.1 Å². The third-order valence-corrected chi connectivity index (χ3v) is 5.05. The summed E-state index contributed by atoms with van der Waals surface area (Å²) in [6.45, 7) is 6.97. The Kier molecular flexibility index (Phi) is 4.54. The first-order valence-electron chi connectivity index (χ1n) is 8.69. The highest BCUT2D eigenvalue weighted by molar-refractivity contribution is 6.39. The summed E-state index contributed by atoms with van der Waals surface area (Å²) in [5.74, 6) is -0.0985. The zero-order chi connectivity index (χ0) is 18.2. The van der Waals surface area contributed by atoms with Gasteiger partial charge in [0.25, 0.3) is 11.8 Å². The van der Waals surface area contributed by atoms with Gasteiger partial charge in [-0.1, -0.05) is 22.9 Å². The molecule has 134 valence electrons. The minimum absolute atomic E-state index is 0.00301. The van der Waals surface area contributed by atoms with Crippen LogP contribution in [0.3, 0.4) is 0 Å². The second kappa shape index (κ2) is 6.50. The molecule has 0 saturated carbocycles. The maximum Gasteiger partial charge on any atom is 0.271 e. The van der Waals surface area contributed by atoms with Gasteiger partial charge in [-0.2, -0.15) is 0 Å². The monoisotopic (exact) mass is 343 g/mol. The van der Waals surface area contributed by atoms with Gasteiger partial charge in [0.05, 0.1) is 6.54 Å². The van der Waals surface area contributed by atoms with Crippen molar-refractivity contribution in [3.8, 4) is 0 Å². The Bertz CT molecular complexity index is 728. The molecule has 0 unspecified atom stereocenters. The van der Waals surface area contributed by atoms with Gasteiger partial charge in [-0.25, -0.2) is 0 Å². The van der Waals surface area contributed by atoms with Crippen LogP contribution in [0.25, 0.3) is 0 Å². The number of likely N-dealkylation sites (tertiary alicyclic amines) is 1. The smallest absolute Gasteiger partial charge is 0.271 e. The molecule has 1 fully saturated rings. The summed E-state index contributed by atoms with van der Waals surface area (Å²) in [5.41, 5.74) is 1.64. The van der Waals surface area contributed by atoms with Gasteiger partial charge in [0.1, 0.15) is 5.71 Å². The summed E-state index contributed by atoms with van der Waals surface area (Å²) in [7, 11) is 1.77. The number of nitrogens with zero attached hydrogens (tertiary/aromatic N) is 3. The normalized spacial score (nSPS) is 22.3. The molecule has 1 atom stereocenters. The van der Waals surface area contributed by atoms with E-state index in [0.29, 0.717) is 37.2 Å². The molecule has 2 amide bonds. The fourth-order valence-corrected chi connectivity index (χ4v) is 3.27. The number of rotatable bonds is 3. The molecule has 2 heterocycles. The lowest BCUT2D eigenvalue weighted by atomic mass is 9.96. The molecule has 0 N–H and O–H groups in total. The maximum absolute atomic E-state index is 12.7. The van der Waals surface area contributed by atoms with E-state index in [-0.39, 0.29) is 17.9 Å². The van der Waals surface area contributed by atoms with Crippen LogP contribution in [0.5, 0.6) is 0 Å². The summed E-state index contributed by atoms with van der Waals surface area (Å²) in [6, 6.07) is 7.70. The van der Waals surface area contributed by atoms with Gasteiger partial charge >= 0.3 is 0 Å². The zero-order valence-corrected chi connectivity index (χ0v) is 15.3. The number of benzene rings is 1. The van der Waals surface area contributed by atoms with E-state index in [1.165, 1.54) is 0 Å². The van der Waals surface area contributed by atoms with Crippen LogP contribution in [0.4, 0.5) is 0 Å². The first-order valence-corrected chi connectivity index (χ1v) is 8.69. The lowest BCUT2D eigenvalue weighted by molar-refractivity contribution is -0.124. The van der Waals surface area contributed by atoms with E-state index in [9.17, 15) is 9.59 Å². The molecule has 0 aromatic heterocycles. The van der Waals surface area contributed by atoms with Crippen molar-refractivity contribution < 1.29 is 14.4 Å². The molecule has 0 radical (unpaired) electrons. The van der Waals surface area contributed by atoms with E-state index < -0.39 is 5.60 Å². The highest BCUT2D eigenvalue weighted by Gasteiger charge is 2.48. The molecule has 1 spiro atoms. The number of aryl methyl sites for hydroxylation is 1. The largest absolute Gasteiger partial charge is 0.386 e. The van der Waals surface area contributed by atoms with Gasteiger partial charge in [-0.05, 0) is 32.9 Å². The van der Waals surface area contributed by atoms with E-state index >= 15 is 0 Å². The second-order valence-electron chi connectivity index (χ2n) is 7.35. The van der Waals surface area contributed by atoms with Crippen molar-refractivity contribution in [3.05, 3.63) is 35.4 Å². The predicted molar refractivity (Wildman–Crippen MR) is 95.5 cm³/mol. The van der Waals surface area contributed by atoms with Crippen molar-refractivity contribution in [2.75, 3.05) is 20.1 Å². The molecule has 6 nitrogen and oxygen atoms in total. The molecular formula is C19H25N3O3. The number of hydrogen-bond donors (Lipinski definition) is 0. The van der Waals surface area contributed by atoms with Crippen molar-refractivity contribution in [3.63, 3.8) is 0 Å². The summed E-state index contributed by atoms with van der Waals surface area (Å²) < 4.78 is 0. The minimum Gasteiger partial charge on any atom is -0.386 e. The second-order valence-corrected chi connectivity index (χ2v) is 7.35. The number of carbonyl (C=O) groups is 2. The summed E-state index contributed by atoms with van der Waals surface area (Å²) in [6.07, 6.45) is 1.15. The highest BCUT2D eigenvalue weighted by atomic mass is 16.7. The minimum atomic E-state index is -0.553. The van der Waals surface area contributed by atoms with Crippen LogP contribution in [0.15, 0.2) is 29.4 Å². The molecule has 1 aromatic carbocycles. The maximum atomic E-state index is 12.7. The van der Waals surface area contributed by atoms with Crippen LogP contribution in [-0.2, 0) is 9.63 Å². The Morgan fingerprint density at radius 2 is 2.12 bits per heavy atom. The van der Waals surface area contributed by atoms with E-state index in [1.807, 2.05) is 45.0 Å². The average Bonchev–Trinajstić information content (AvgIpc) is 3.20. The molecule has 2 aliphatic rings. The van der Waals surface area contributed by atoms with Gasteiger partial charge in [-0.3, -0.25) is 9.59 Å². The first-order chi connectivity index (χ1) is 11.8. The van der Waals surface area contributed by atoms with E-state index in [0.717, 1.165) is 5.56 Å². The van der Waals surface area contributed by atoms with E-state index in [1.54, 1.807) is 16.8 Å². The average molecular weight is 343 g/mol. The van der Waals surface area contributed by atoms with Crippen LogP contribution in [0.2, 0.25) is 0 Å². The molecule has 3 rings (SSSR count). The molecular weight excluding hydrogens is 318 g/mol. The van der Waals surface area contributed by atoms with Crippen LogP contribution >= 0.6 is 0 Å². The lowest BCUT2D eigenvalue weighted by Gasteiger charge is -2.23. The zero-order valence-electron chi connectivity index (χ0n) is 15.3. The van der Waals surface area contributed by atoms with Gasteiger partial charge in [0.2, 0.25) is 0 Å². The number of carbonyl (C=O) groups excluding carboxylic acids is 2. The predicted octanol–water partition coefficient (Wildman–Crippen LogP) is 2.22. The van der Waals surface area contributed by atoms with E-state index in [2.05, 4.69) is 5.16 Å². The van der Waals surface area contributed by atoms with Gasteiger partial charge in [0, 0.05) is 38.0 Å². The molecule has 0 bridgehead atoms. The van der Waals surface area contributed by atoms with E-state index in [4.69, 9.17) is 4.84 Å². The summed E-state index contributed by atoms with van der Waals surface area (Å²) >= 11 is 0. The molecule has 1 saturated heterocycles. The molecule has 0 aliphatic carbocycles. The summed E-state index contributed by atoms with van der Waals surface area (Å²) in [5, 5.41) is 4.04.